The van der Waals surface area contributed by atoms with E-state index in [1.54, 1.807) is 6.07 Å². The van der Waals surface area contributed by atoms with E-state index < -0.39 is 0 Å². The third kappa shape index (κ3) is 3.82. The van der Waals surface area contributed by atoms with Crippen LogP contribution in [0.25, 0.3) is 0 Å². The van der Waals surface area contributed by atoms with E-state index in [1.165, 1.54) is 6.92 Å². The standard InChI is InChI=1S/C17H24N6O2/c1-12(24)19-10-15-4-3-14(21(15)2)8-17(25)22-5-6-23-16(11-22)7-13(9-18)20-23/h7,14-15H,3-6,8,10-11H2,1-2H3,(H,19,24)/t14-,15+/m0/s1. The molecule has 0 aliphatic carbocycles. The summed E-state index contributed by atoms with van der Waals surface area (Å²) < 4.78 is 1.81. The van der Waals surface area contributed by atoms with Crippen molar-refractivity contribution in [3.8, 4) is 6.07 Å². The number of hydrogen-bond acceptors (Lipinski definition) is 5. The van der Waals surface area contributed by atoms with Crippen LogP contribution in [0.15, 0.2) is 6.07 Å². The van der Waals surface area contributed by atoms with E-state index in [4.69, 9.17) is 5.26 Å². The van der Waals surface area contributed by atoms with Crippen LogP contribution in [0.1, 0.15) is 37.6 Å². The number of hydrogen-bond donors (Lipinski definition) is 1. The van der Waals surface area contributed by atoms with Crippen molar-refractivity contribution in [1.82, 2.24) is 24.9 Å². The van der Waals surface area contributed by atoms with Gasteiger partial charge in [0.15, 0.2) is 5.69 Å². The lowest BCUT2D eigenvalue weighted by molar-refractivity contribution is -0.134. The monoisotopic (exact) mass is 344 g/mol. The molecule has 134 valence electrons. The normalized spacial score (nSPS) is 23.2. The number of fused-ring (bicyclic) bond motifs is 1. The minimum Gasteiger partial charge on any atom is -0.355 e. The third-order valence-electron chi connectivity index (χ3n) is 5.25. The number of rotatable bonds is 4. The SMILES string of the molecule is CC(=O)NC[C@H]1CC[C@@H](CC(=O)N2CCn3nc(C#N)cc3C2)N1C. The summed E-state index contributed by atoms with van der Waals surface area (Å²) in [6.07, 6.45) is 2.45. The fourth-order valence-corrected chi connectivity index (χ4v) is 3.71. The summed E-state index contributed by atoms with van der Waals surface area (Å²) in [7, 11) is 2.03. The van der Waals surface area contributed by atoms with Gasteiger partial charge in [-0.15, -0.1) is 0 Å². The second-order valence-electron chi connectivity index (χ2n) is 6.86. The minimum absolute atomic E-state index is 0.0189. The van der Waals surface area contributed by atoms with Crippen LogP contribution in [0, 0.1) is 11.3 Å². The zero-order valence-corrected chi connectivity index (χ0v) is 14.7. The highest BCUT2D eigenvalue weighted by Gasteiger charge is 2.33. The van der Waals surface area contributed by atoms with Crippen LogP contribution in [0.5, 0.6) is 0 Å². The molecule has 2 amide bonds. The summed E-state index contributed by atoms with van der Waals surface area (Å²) >= 11 is 0. The Morgan fingerprint density at radius 1 is 1.36 bits per heavy atom. The topological polar surface area (TPSA) is 94.3 Å². The lowest BCUT2D eigenvalue weighted by atomic mass is 10.1. The average Bonchev–Trinajstić information content (AvgIpc) is 3.16. The van der Waals surface area contributed by atoms with Gasteiger partial charge < -0.3 is 10.2 Å². The van der Waals surface area contributed by atoms with Crippen LogP contribution in [-0.4, -0.2) is 63.6 Å². The van der Waals surface area contributed by atoms with Crippen LogP contribution < -0.4 is 5.32 Å². The van der Waals surface area contributed by atoms with E-state index in [9.17, 15) is 9.59 Å². The maximum atomic E-state index is 12.7. The summed E-state index contributed by atoms with van der Waals surface area (Å²) in [5, 5.41) is 16.0. The van der Waals surface area contributed by atoms with Crippen molar-refractivity contribution in [1.29, 1.82) is 5.26 Å². The Hall–Kier alpha value is -2.40. The second kappa shape index (κ2) is 7.23. The molecule has 2 aliphatic rings. The van der Waals surface area contributed by atoms with E-state index in [0.29, 0.717) is 44.3 Å². The van der Waals surface area contributed by atoms with Gasteiger partial charge in [0.2, 0.25) is 11.8 Å². The number of amides is 2. The number of likely N-dealkylation sites (N-methyl/N-ethyl adjacent to an activating group) is 1. The highest BCUT2D eigenvalue weighted by molar-refractivity contribution is 5.77. The Morgan fingerprint density at radius 3 is 2.84 bits per heavy atom. The lowest BCUT2D eigenvalue weighted by Gasteiger charge is -2.31. The molecule has 2 aliphatic heterocycles. The Balaban J connectivity index is 1.54. The molecule has 1 fully saturated rings. The summed E-state index contributed by atoms with van der Waals surface area (Å²) in [6.45, 7) is 3.93. The van der Waals surface area contributed by atoms with E-state index >= 15 is 0 Å². The molecule has 8 heteroatoms. The third-order valence-corrected chi connectivity index (χ3v) is 5.25. The molecule has 0 aromatic carbocycles. The molecule has 1 N–H and O–H groups in total. The summed E-state index contributed by atoms with van der Waals surface area (Å²) in [6, 6.07) is 4.31. The molecule has 3 rings (SSSR count). The average molecular weight is 344 g/mol. The van der Waals surface area contributed by atoms with Gasteiger partial charge in [0, 0.05) is 38.5 Å². The summed E-state index contributed by atoms with van der Waals surface area (Å²) in [5.41, 5.74) is 1.32. The van der Waals surface area contributed by atoms with Gasteiger partial charge in [-0.2, -0.15) is 10.4 Å². The molecule has 2 atom stereocenters. The minimum atomic E-state index is -0.0189. The quantitative estimate of drug-likeness (QED) is 0.835. The number of nitrogens with zero attached hydrogens (tertiary/aromatic N) is 5. The van der Waals surface area contributed by atoms with Crippen LogP contribution in [0.3, 0.4) is 0 Å². The number of carbonyl (C=O) groups excluding carboxylic acids is 2. The maximum absolute atomic E-state index is 12.7. The molecule has 3 heterocycles. The fraction of sp³-hybridized carbons (Fsp3) is 0.647. The van der Waals surface area contributed by atoms with Gasteiger partial charge >= 0.3 is 0 Å². The first-order valence-corrected chi connectivity index (χ1v) is 8.69. The first-order valence-electron chi connectivity index (χ1n) is 8.69. The number of likely N-dealkylation sites (tertiary alicyclic amines) is 1. The molecule has 0 bridgehead atoms. The molecule has 8 nitrogen and oxygen atoms in total. The number of aromatic nitrogens is 2. The molecule has 25 heavy (non-hydrogen) atoms. The Kier molecular flexibility index (Phi) is 5.04. The maximum Gasteiger partial charge on any atom is 0.224 e. The van der Waals surface area contributed by atoms with Crippen molar-refractivity contribution in [2.45, 2.75) is 51.4 Å². The van der Waals surface area contributed by atoms with Crippen LogP contribution in [-0.2, 0) is 22.7 Å². The highest BCUT2D eigenvalue weighted by atomic mass is 16.2. The zero-order chi connectivity index (χ0) is 18.0. The smallest absolute Gasteiger partial charge is 0.224 e. The van der Waals surface area contributed by atoms with Gasteiger partial charge in [-0.05, 0) is 26.0 Å². The van der Waals surface area contributed by atoms with Gasteiger partial charge in [-0.25, -0.2) is 0 Å². The Morgan fingerprint density at radius 2 is 2.12 bits per heavy atom. The first-order chi connectivity index (χ1) is 12.0. The summed E-state index contributed by atoms with van der Waals surface area (Å²) in [4.78, 5) is 27.8. The van der Waals surface area contributed by atoms with Crippen molar-refractivity contribution < 1.29 is 9.59 Å². The molecular formula is C17H24N6O2. The highest BCUT2D eigenvalue weighted by Crippen LogP contribution is 2.25. The van der Waals surface area contributed by atoms with Gasteiger partial charge in [0.05, 0.1) is 18.8 Å². The van der Waals surface area contributed by atoms with Gasteiger partial charge in [-0.1, -0.05) is 0 Å². The zero-order valence-electron chi connectivity index (χ0n) is 14.7. The number of nitrogens with one attached hydrogen (secondary N) is 1. The Bertz CT molecular complexity index is 706. The summed E-state index contributed by atoms with van der Waals surface area (Å²) in [5.74, 6) is 0.123. The van der Waals surface area contributed by atoms with E-state index in [0.717, 1.165) is 18.5 Å². The van der Waals surface area contributed by atoms with Gasteiger partial charge in [0.25, 0.3) is 0 Å². The lowest BCUT2D eigenvalue weighted by Crippen LogP contribution is -2.44. The number of carbonyl (C=O) groups is 2. The first kappa shape index (κ1) is 17.4. The van der Waals surface area contributed by atoms with E-state index in [2.05, 4.69) is 15.3 Å². The predicted octanol–water partition coefficient (Wildman–Crippen LogP) is 0.0860. The van der Waals surface area contributed by atoms with Crippen LogP contribution >= 0.6 is 0 Å². The molecule has 1 saturated heterocycles. The molecule has 1 aromatic heterocycles. The van der Waals surface area contributed by atoms with Gasteiger partial charge in [0.1, 0.15) is 6.07 Å². The van der Waals surface area contributed by atoms with Crippen molar-refractivity contribution in [3.05, 3.63) is 17.5 Å². The fourth-order valence-electron chi connectivity index (χ4n) is 3.71. The molecule has 1 aromatic rings. The van der Waals surface area contributed by atoms with Crippen LogP contribution in [0.2, 0.25) is 0 Å². The second-order valence-corrected chi connectivity index (χ2v) is 6.86. The van der Waals surface area contributed by atoms with E-state index in [-0.39, 0.29) is 17.9 Å². The Labute approximate surface area is 147 Å². The van der Waals surface area contributed by atoms with Crippen molar-refractivity contribution in [3.63, 3.8) is 0 Å². The van der Waals surface area contributed by atoms with Crippen molar-refractivity contribution >= 4 is 11.8 Å². The molecule has 0 radical (unpaired) electrons. The van der Waals surface area contributed by atoms with Gasteiger partial charge in [-0.3, -0.25) is 19.2 Å². The molecule has 0 spiro atoms. The van der Waals surface area contributed by atoms with Crippen molar-refractivity contribution in [2.24, 2.45) is 0 Å². The van der Waals surface area contributed by atoms with Crippen molar-refractivity contribution in [2.75, 3.05) is 20.1 Å². The van der Waals surface area contributed by atoms with Crippen LogP contribution in [0.4, 0.5) is 0 Å². The molecular weight excluding hydrogens is 320 g/mol. The largest absolute Gasteiger partial charge is 0.355 e. The predicted molar refractivity (Wildman–Crippen MR) is 90.2 cm³/mol. The molecule has 0 unspecified atom stereocenters. The van der Waals surface area contributed by atoms with E-state index in [1.807, 2.05) is 22.7 Å². The number of nitriles is 1. The molecule has 0 saturated carbocycles.